The van der Waals surface area contributed by atoms with Crippen molar-refractivity contribution >= 4 is 18.1 Å². The maximum absolute atomic E-state index is 10.8. The number of hydrogen-bond acceptors (Lipinski definition) is 6. The van der Waals surface area contributed by atoms with E-state index < -0.39 is 11.0 Å². The minimum absolute atomic E-state index is 0. The van der Waals surface area contributed by atoms with Crippen molar-refractivity contribution in [1.82, 2.24) is 0 Å². The van der Waals surface area contributed by atoms with Gasteiger partial charge in [-0.15, -0.1) is 12.4 Å². The van der Waals surface area contributed by atoms with Gasteiger partial charge in [-0.05, 0) is 6.07 Å². The molecular weight excluding hydrogens is 252 g/mol. The first kappa shape index (κ1) is 13.5. The van der Waals surface area contributed by atoms with Crippen molar-refractivity contribution in [2.45, 2.75) is 6.04 Å². The minimum Gasteiger partial charge on any atom is -0.454 e. The Kier molecular flexibility index (Phi) is 4.11. The fourth-order valence-electron chi connectivity index (χ4n) is 1.50. The van der Waals surface area contributed by atoms with Gasteiger partial charge in [0.05, 0.1) is 29.2 Å². The van der Waals surface area contributed by atoms with E-state index in [-0.39, 0.29) is 37.1 Å². The van der Waals surface area contributed by atoms with E-state index in [4.69, 9.17) is 20.3 Å². The van der Waals surface area contributed by atoms with Gasteiger partial charge in [0.25, 0.3) is 5.69 Å². The summed E-state index contributed by atoms with van der Waals surface area (Å²) >= 11 is 0. The van der Waals surface area contributed by atoms with Crippen LogP contribution in [0.4, 0.5) is 5.69 Å². The van der Waals surface area contributed by atoms with E-state index in [0.29, 0.717) is 11.5 Å². The third kappa shape index (κ3) is 2.41. The van der Waals surface area contributed by atoms with Gasteiger partial charge in [0.2, 0.25) is 6.79 Å². The summed E-state index contributed by atoms with van der Waals surface area (Å²) in [5.41, 5.74) is 5.63. The van der Waals surface area contributed by atoms with Gasteiger partial charge in [-0.25, -0.2) is 0 Å². The molecule has 1 aliphatic rings. The van der Waals surface area contributed by atoms with E-state index in [2.05, 4.69) is 0 Å². The van der Waals surface area contributed by atoms with Gasteiger partial charge in [-0.3, -0.25) is 10.1 Å². The fourth-order valence-corrected chi connectivity index (χ4v) is 1.50. The number of halogens is 1. The molecule has 1 atom stereocenters. The minimum atomic E-state index is -0.810. The first-order valence-electron chi connectivity index (χ1n) is 4.58. The lowest BCUT2D eigenvalue weighted by molar-refractivity contribution is -0.385. The van der Waals surface area contributed by atoms with E-state index in [9.17, 15) is 10.1 Å². The van der Waals surface area contributed by atoms with Crippen LogP contribution in [0.15, 0.2) is 12.1 Å². The molecular formula is C9H11ClN2O5. The fraction of sp³-hybridized carbons (Fsp3) is 0.333. The molecule has 2 rings (SSSR count). The topological polar surface area (TPSA) is 108 Å². The molecule has 3 N–H and O–H groups in total. The summed E-state index contributed by atoms with van der Waals surface area (Å²) in [7, 11) is 0. The number of nitro benzene ring substituents is 1. The zero-order valence-corrected chi connectivity index (χ0v) is 9.48. The molecule has 1 aliphatic heterocycles. The molecule has 0 fully saturated rings. The van der Waals surface area contributed by atoms with Gasteiger partial charge in [-0.1, -0.05) is 0 Å². The summed E-state index contributed by atoms with van der Waals surface area (Å²) in [4.78, 5) is 10.3. The van der Waals surface area contributed by atoms with Gasteiger partial charge >= 0.3 is 0 Å². The zero-order chi connectivity index (χ0) is 11.7. The number of ether oxygens (including phenoxy) is 2. The highest BCUT2D eigenvalue weighted by atomic mass is 35.5. The van der Waals surface area contributed by atoms with Crippen LogP contribution in [0.3, 0.4) is 0 Å². The third-order valence-corrected chi connectivity index (χ3v) is 2.31. The monoisotopic (exact) mass is 262 g/mol. The van der Waals surface area contributed by atoms with E-state index in [1.54, 1.807) is 0 Å². The largest absolute Gasteiger partial charge is 0.454 e. The van der Waals surface area contributed by atoms with E-state index in [1.165, 1.54) is 12.1 Å². The summed E-state index contributed by atoms with van der Waals surface area (Å²) in [5, 5.41) is 19.7. The second kappa shape index (κ2) is 5.17. The molecule has 0 aromatic heterocycles. The number of aliphatic hydroxyl groups excluding tert-OH is 1. The number of benzene rings is 1. The molecule has 0 aliphatic carbocycles. The highest BCUT2D eigenvalue weighted by Gasteiger charge is 2.26. The van der Waals surface area contributed by atoms with E-state index in [0.717, 1.165) is 0 Å². The zero-order valence-electron chi connectivity index (χ0n) is 8.66. The molecule has 0 radical (unpaired) electrons. The van der Waals surface area contributed by atoms with Gasteiger partial charge in [0.15, 0.2) is 11.5 Å². The number of nitro groups is 1. The highest BCUT2D eigenvalue weighted by molar-refractivity contribution is 5.85. The quantitative estimate of drug-likeness (QED) is 0.614. The van der Waals surface area contributed by atoms with Crippen LogP contribution in [0.2, 0.25) is 0 Å². The van der Waals surface area contributed by atoms with Gasteiger partial charge in [0, 0.05) is 0 Å². The summed E-state index contributed by atoms with van der Waals surface area (Å²) in [5.74, 6) is 0.727. The maximum Gasteiger partial charge on any atom is 0.278 e. The molecule has 17 heavy (non-hydrogen) atoms. The van der Waals surface area contributed by atoms with Crippen LogP contribution in [0, 0.1) is 10.1 Å². The van der Waals surface area contributed by atoms with Crippen LogP contribution in [-0.4, -0.2) is 23.4 Å². The Labute approximate surface area is 103 Å². The second-order valence-electron chi connectivity index (χ2n) is 3.31. The lowest BCUT2D eigenvalue weighted by Gasteiger charge is -2.09. The molecule has 94 valence electrons. The Morgan fingerprint density at radius 3 is 2.59 bits per heavy atom. The number of rotatable bonds is 3. The standard InChI is InChI=1S/C9H10N2O5.ClH/c10-6(3-12)5-1-8-9(16-4-15-8)2-7(5)11(13)14;/h1-2,6,12H,3-4,10H2;1H/t6-;/m0./s1. The van der Waals surface area contributed by atoms with E-state index in [1.807, 2.05) is 0 Å². The van der Waals surface area contributed by atoms with Crippen LogP contribution >= 0.6 is 12.4 Å². The predicted octanol–water partition coefficient (Wildman–Crippen LogP) is 0.737. The molecule has 1 aromatic rings. The van der Waals surface area contributed by atoms with Crippen LogP contribution in [0.5, 0.6) is 11.5 Å². The lowest BCUT2D eigenvalue weighted by Crippen LogP contribution is -2.16. The summed E-state index contributed by atoms with van der Waals surface area (Å²) in [6.45, 7) is -0.342. The Morgan fingerprint density at radius 1 is 1.47 bits per heavy atom. The van der Waals surface area contributed by atoms with Crippen LogP contribution < -0.4 is 15.2 Å². The van der Waals surface area contributed by atoms with Crippen molar-refractivity contribution in [2.75, 3.05) is 13.4 Å². The normalized spacial score (nSPS) is 14.0. The van der Waals surface area contributed by atoms with Crippen molar-refractivity contribution in [3.63, 3.8) is 0 Å². The average Bonchev–Trinajstić information content (AvgIpc) is 2.73. The molecule has 0 saturated carbocycles. The van der Waals surface area contributed by atoms with Crippen LogP contribution in [0.25, 0.3) is 0 Å². The Hall–Kier alpha value is -1.57. The Bertz CT molecular complexity index is 440. The third-order valence-electron chi connectivity index (χ3n) is 2.31. The molecule has 0 bridgehead atoms. The maximum atomic E-state index is 10.8. The molecule has 0 spiro atoms. The SMILES string of the molecule is Cl.N[C@@H](CO)c1cc2c(cc1[N+](=O)[O-])OCO2. The van der Waals surface area contributed by atoms with Crippen LogP contribution in [-0.2, 0) is 0 Å². The van der Waals surface area contributed by atoms with Gasteiger partial charge in [-0.2, -0.15) is 0 Å². The van der Waals surface area contributed by atoms with Crippen molar-refractivity contribution < 1.29 is 19.5 Å². The van der Waals surface area contributed by atoms with Crippen LogP contribution in [0.1, 0.15) is 11.6 Å². The smallest absolute Gasteiger partial charge is 0.278 e. The summed E-state index contributed by atoms with van der Waals surface area (Å²) < 4.78 is 10.1. The van der Waals surface area contributed by atoms with Crippen molar-refractivity contribution in [3.8, 4) is 11.5 Å². The second-order valence-corrected chi connectivity index (χ2v) is 3.31. The summed E-state index contributed by atoms with van der Waals surface area (Å²) in [6.07, 6.45) is 0. The Balaban J connectivity index is 0.00000144. The molecule has 0 amide bonds. The number of nitrogens with two attached hydrogens (primary N) is 1. The van der Waals surface area contributed by atoms with E-state index >= 15 is 0 Å². The summed E-state index contributed by atoms with van der Waals surface area (Å²) in [6, 6.07) is 1.88. The van der Waals surface area contributed by atoms with Gasteiger partial charge in [0.1, 0.15) is 0 Å². The molecule has 0 saturated heterocycles. The number of hydrogen-bond donors (Lipinski definition) is 2. The van der Waals surface area contributed by atoms with Crippen molar-refractivity contribution in [1.29, 1.82) is 0 Å². The van der Waals surface area contributed by atoms with Crippen molar-refractivity contribution in [2.24, 2.45) is 5.73 Å². The first-order valence-corrected chi connectivity index (χ1v) is 4.58. The average molecular weight is 263 g/mol. The molecule has 7 nitrogen and oxygen atoms in total. The molecule has 1 aromatic carbocycles. The predicted molar refractivity (Wildman–Crippen MR) is 60.5 cm³/mol. The molecule has 0 unspecified atom stereocenters. The van der Waals surface area contributed by atoms with Crippen molar-refractivity contribution in [3.05, 3.63) is 27.8 Å². The Morgan fingerprint density at radius 2 is 2.06 bits per heavy atom. The number of nitrogens with zero attached hydrogens (tertiary/aromatic N) is 1. The van der Waals surface area contributed by atoms with Gasteiger partial charge < -0.3 is 20.3 Å². The molecule has 8 heteroatoms. The number of fused-ring (bicyclic) bond motifs is 1. The molecule has 1 heterocycles. The first-order chi connectivity index (χ1) is 7.63. The number of aliphatic hydroxyl groups is 1. The highest BCUT2D eigenvalue weighted by Crippen LogP contribution is 2.39. The lowest BCUT2D eigenvalue weighted by atomic mass is 10.1.